The molecule has 170 valence electrons. The second kappa shape index (κ2) is 7.97. The molecule has 0 radical (unpaired) electrons. The van der Waals surface area contributed by atoms with Gasteiger partial charge < -0.3 is 50.0 Å². The predicted octanol–water partition coefficient (Wildman–Crippen LogP) is -0.203. The monoisotopic (exact) mass is 448 g/mol. The molecule has 2 aromatic carbocycles. The standard InChI is InChI=1S/C21H20O11/c22-6-14-17(27)19(29)20(30)21(32-14)16-11(26)5-13-15(18(16)28)10(25)4-12(31-13)7-1-8(23)3-9(24)2-7/h1-5,14,17,19-24,26-30H,6H2. The quantitative estimate of drug-likeness (QED) is 0.264. The van der Waals surface area contributed by atoms with Gasteiger partial charge in [-0.2, -0.15) is 0 Å². The molecule has 0 spiro atoms. The van der Waals surface area contributed by atoms with Crippen LogP contribution in [0.15, 0.2) is 39.5 Å². The molecule has 32 heavy (non-hydrogen) atoms. The van der Waals surface area contributed by atoms with E-state index in [9.17, 15) is 45.6 Å². The summed E-state index contributed by atoms with van der Waals surface area (Å²) in [4.78, 5) is 12.8. The molecule has 1 fully saturated rings. The van der Waals surface area contributed by atoms with Gasteiger partial charge in [-0.05, 0) is 12.1 Å². The highest BCUT2D eigenvalue weighted by atomic mass is 16.5. The number of phenols is 4. The Bertz CT molecular complexity index is 1210. The zero-order chi connectivity index (χ0) is 23.3. The Morgan fingerprint density at radius 2 is 1.50 bits per heavy atom. The van der Waals surface area contributed by atoms with Gasteiger partial charge >= 0.3 is 0 Å². The van der Waals surface area contributed by atoms with Crippen molar-refractivity contribution < 1.29 is 50.0 Å². The lowest BCUT2D eigenvalue weighted by atomic mass is 9.89. The van der Waals surface area contributed by atoms with Crippen molar-refractivity contribution in [3.8, 4) is 34.3 Å². The maximum Gasteiger partial charge on any atom is 0.197 e. The molecule has 0 aliphatic carbocycles. The number of hydrogen-bond donors (Lipinski definition) is 8. The third-order valence-corrected chi connectivity index (χ3v) is 5.37. The Morgan fingerprint density at radius 3 is 2.12 bits per heavy atom. The van der Waals surface area contributed by atoms with Crippen molar-refractivity contribution in [3.05, 3.63) is 46.1 Å². The van der Waals surface area contributed by atoms with E-state index in [1.165, 1.54) is 12.1 Å². The molecule has 11 heteroatoms. The molecule has 0 saturated carbocycles. The van der Waals surface area contributed by atoms with Gasteiger partial charge in [0.1, 0.15) is 70.2 Å². The first-order valence-corrected chi connectivity index (χ1v) is 9.49. The van der Waals surface area contributed by atoms with Gasteiger partial charge in [0.15, 0.2) is 5.43 Å². The summed E-state index contributed by atoms with van der Waals surface area (Å²) >= 11 is 0. The van der Waals surface area contributed by atoms with Crippen molar-refractivity contribution in [1.82, 2.24) is 0 Å². The van der Waals surface area contributed by atoms with Gasteiger partial charge in [-0.25, -0.2) is 0 Å². The fourth-order valence-corrected chi connectivity index (χ4v) is 3.80. The summed E-state index contributed by atoms with van der Waals surface area (Å²) < 4.78 is 10.9. The summed E-state index contributed by atoms with van der Waals surface area (Å²) in [5.41, 5.74) is -1.30. The number of ether oxygens (including phenoxy) is 1. The second-order valence-corrected chi connectivity index (χ2v) is 7.49. The largest absolute Gasteiger partial charge is 0.508 e. The van der Waals surface area contributed by atoms with E-state index in [2.05, 4.69) is 0 Å². The van der Waals surface area contributed by atoms with Crippen molar-refractivity contribution in [2.75, 3.05) is 6.61 Å². The number of rotatable bonds is 3. The molecule has 1 aliphatic rings. The van der Waals surface area contributed by atoms with Crippen LogP contribution in [-0.4, -0.2) is 71.9 Å². The highest BCUT2D eigenvalue weighted by Crippen LogP contribution is 2.44. The van der Waals surface area contributed by atoms with Gasteiger partial charge in [-0.15, -0.1) is 0 Å². The SMILES string of the molecule is O=c1cc(-c2cc(O)cc(O)c2)oc2cc(O)c(C3OC(CO)C(O)C(O)C3O)c(O)c12. The van der Waals surface area contributed by atoms with Crippen LogP contribution < -0.4 is 5.43 Å². The summed E-state index contributed by atoms with van der Waals surface area (Å²) in [5, 5.41) is 79.8. The van der Waals surface area contributed by atoms with Gasteiger partial charge in [0.25, 0.3) is 0 Å². The van der Waals surface area contributed by atoms with Gasteiger partial charge in [-0.1, -0.05) is 0 Å². The van der Waals surface area contributed by atoms with Gasteiger partial charge in [0.2, 0.25) is 0 Å². The molecule has 2 heterocycles. The third-order valence-electron chi connectivity index (χ3n) is 5.37. The molecule has 5 atom stereocenters. The summed E-state index contributed by atoms with van der Waals surface area (Å²) in [6, 6.07) is 5.51. The molecule has 8 N–H and O–H groups in total. The third kappa shape index (κ3) is 3.51. The first-order chi connectivity index (χ1) is 15.1. The first kappa shape index (κ1) is 21.9. The average molecular weight is 448 g/mol. The van der Waals surface area contributed by atoms with Crippen molar-refractivity contribution in [2.24, 2.45) is 0 Å². The number of aliphatic hydroxyl groups is 4. The maximum absolute atomic E-state index is 12.8. The van der Waals surface area contributed by atoms with E-state index < -0.39 is 59.6 Å². The summed E-state index contributed by atoms with van der Waals surface area (Å²) in [6.45, 7) is -0.723. The Balaban J connectivity index is 1.87. The Labute approximate surface area is 179 Å². The molecule has 1 aromatic heterocycles. The predicted molar refractivity (Wildman–Crippen MR) is 107 cm³/mol. The number of fused-ring (bicyclic) bond motifs is 1. The van der Waals surface area contributed by atoms with Crippen molar-refractivity contribution in [3.63, 3.8) is 0 Å². The van der Waals surface area contributed by atoms with E-state index in [0.29, 0.717) is 0 Å². The fourth-order valence-electron chi connectivity index (χ4n) is 3.80. The van der Waals surface area contributed by atoms with Crippen LogP contribution in [0.2, 0.25) is 0 Å². The van der Waals surface area contributed by atoms with E-state index in [1.807, 2.05) is 0 Å². The van der Waals surface area contributed by atoms with Crippen LogP contribution in [0, 0.1) is 0 Å². The molecule has 0 bridgehead atoms. The molecular weight excluding hydrogens is 428 g/mol. The Hall–Kier alpha value is -3.35. The van der Waals surface area contributed by atoms with Crippen LogP contribution in [0.25, 0.3) is 22.3 Å². The number of aromatic hydroxyl groups is 4. The smallest absolute Gasteiger partial charge is 0.197 e. The number of hydrogen-bond acceptors (Lipinski definition) is 11. The molecular formula is C21H20O11. The van der Waals surface area contributed by atoms with Crippen LogP contribution in [0.3, 0.4) is 0 Å². The highest BCUT2D eigenvalue weighted by Gasteiger charge is 2.46. The van der Waals surface area contributed by atoms with Crippen LogP contribution in [-0.2, 0) is 4.74 Å². The van der Waals surface area contributed by atoms with Crippen LogP contribution in [0.1, 0.15) is 11.7 Å². The van der Waals surface area contributed by atoms with Crippen molar-refractivity contribution >= 4 is 11.0 Å². The van der Waals surface area contributed by atoms with Crippen molar-refractivity contribution in [2.45, 2.75) is 30.5 Å². The van der Waals surface area contributed by atoms with Crippen LogP contribution in [0.4, 0.5) is 0 Å². The fraction of sp³-hybridized carbons (Fsp3) is 0.286. The summed E-state index contributed by atoms with van der Waals surface area (Å²) in [6.07, 6.45) is -8.11. The normalized spacial score (nSPS) is 25.8. The van der Waals surface area contributed by atoms with E-state index in [0.717, 1.165) is 18.2 Å². The Kier molecular flexibility index (Phi) is 5.44. The van der Waals surface area contributed by atoms with Crippen LogP contribution >= 0.6 is 0 Å². The summed E-state index contributed by atoms with van der Waals surface area (Å²) in [7, 11) is 0. The van der Waals surface area contributed by atoms with E-state index >= 15 is 0 Å². The molecule has 4 rings (SSSR count). The zero-order valence-corrected chi connectivity index (χ0v) is 16.3. The zero-order valence-electron chi connectivity index (χ0n) is 16.3. The van der Waals surface area contributed by atoms with Gasteiger partial charge in [0, 0.05) is 23.8 Å². The molecule has 1 aliphatic heterocycles. The lowest BCUT2D eigenvalue weighted by molar-refractivity contribution is -0.232. The number of aliphatic hydroxyl groups excluding tert-OH is 4. The molecule has 0 amide bonds. The average Bonchev–Trinajstić information content (AvgIpc) is 2.72. The number of phenolic OH excluding ortho intramolecular Hbond substituents is 4. The van der Waals surface area contributed by atoms with Crippen molar-refractivity contribution in [1.29, 1.82) is 0 Å². The Morgan fingerprint density at radius 1 is 0.844 bits per heavy atom. The van der Waals surface area contributed by atoms with Gasteiger partial charge in [-0.3, -0.25) is 4.79 Å². The topological polar surface area (TPSA) is 201 Å². The molecule has 5 unspecified atom stereocenters. The minimum absolute atomic E-state index is 0.0758. The lowest BCUT2D eigenvalue weighted by Crippen LogP contribution is -2.55. The molecule has 3 aromatic rings. The minimum atomic E-state index is -1.80. The maximum atomic E-state index is 12.8. The van der Waals surface area contributed by atoms with E-state index in [1.54, 1.807) is 0 Å². The highest BCUT2D eigenvalue weighted by molar-refractivity contribution is 5.88. The lowest BCUT2D eigenvalue weighted by Gasteiger charge is -2.40. The van der Waals surface area contributed by atoms with Gasteiger partial charge in [0.05, 0.1) is 12.2 Å². The first-order valence-electron chi connectivity index (χ1n) is 9.49. The minimum Gasteiger partial charge on any atom is -0.508 e. The second-order valence-electron chi connectivity index (χ2n) is 7.49. The number of benzene rings is 2. The molecule has 11 nitrogen and oxygen atoms in total. The molecule has 1 saturated heterocycles. The van der Waals surface area contributed by atoms with Crippen LogP contribution in [0.5, 0.6) is 23.0 Å². The van der Waals surface area contributed by atoms with E-state index in [-0.39, 0.29) is 33.8 Å². The summed E-state index contributed by atoms with van der Waals surface area (Å²) in [5.74, 6) is -2.09. The van der Waals surface area contributed by atoms with E-state index in [4.69, 9.17) is 9.15 Å².